The first-order valence-corrected chi connectivity index (χ1v) is 7.12. The molecule has 0 radical (unpaired) electrons. The van der Waals surface area contributed by atoms with Crippen molar-refractivity contribution in [2.24, 2.45) is 11.8 Å². The van der Waals surface area contributed by atoms with Crippen molar-refractivity contribution >= 4 is 41.8 Å². The van der Waals surface area contributed by atoms with Gasteiger partial charge in [-0.3, -0.25) is 14.8 Å². The summed E-state index contributed by atoms with van der Waals surface area (Å²) >= 11 is 0. The molecule has 0 bridgehead atoms. The first-order chi connectivity index (χ1) is 10.2. The van der Waals surface area contributed by atoms with Gasteiger partial charge in [-0.05, 0) is 17.9 Å². The fourth-order valence-electron chi connectivity index (χ4n) is 3.40. The highest BCUT2D eigenvalue weighted by Gasteiger charge is 2.38. The number of hydrogen-bond donors (Lipinski definition) is 1. The van der Waals surface area contributed by atoms with Gasteiger partial charge >= 0.3 is 0 Å². The topological polar surface area (TPSA) is 58.1 Å². The first kappa shape index (κ1) is 17.8. The number of nitrogens with zero attached hydrogens (tertiary/aromatic N) is 3. The first-order valence-electron chi connectivity index (χ1n) is 7.12. The summed E-state index contributed by atoms with van der Waals surface area (Å²) in [7, 11) is 0. The average Bonchev–Trinajstić information content (AvgIpc) is 3.06. The summed E-state index contributed by atoms with van der Waals surface area (Å²) in [6, 6.07) is 2.58. The van der Waals surface area contributed by atoms with Crippen LogP contribution in [0.2, 0.25) is 0 Å². The van der Waals surface area contributed by atoms with Crippen molar-refractivity contribution in [2.45, 2.75) is 0 Å². The Bertz CT molecular complexity index is 718. The molecule has 2 fully saturated rings. The number of amides is 1. The molecule has 4 rings (SSSR count). The van der Waals surface area contributed by atoms with E-state index in [-0.39, 0.29) is 30.7 Å². The Morgan fingerprint density at radius 1 is 1.13 bits per heavy atom. The Balaban J connectivity index is 0.000000960. The normalized spacial score (nSPS) is 22.4. The SMILES string of the molecule is Cl.Cl.O=C(c1cc(F)cc2nccnc12)N1C[C@H]2CNC[C@H]2C1. The van der Waals surface area contributed by atoms with Crippen LogP contribution in [0.5, 0.6) is 0 Å². The number of likely N-dealkylation sites (tertiary alicyclic amines) is 1. The fourth-order valence-corrected chi connectivity index (χ4v) is 3.40. The van der Waals surface area contributed by atoms with Gasteiger partial charge in [0.25, 0.3) is 5.91 Å². The van der Waals surface area contributed by atoms with Gasteiger partial charge in [0.15, 0.2) is 0 Å². The molecule has 2 aromatic rings. The summed E-state index contributed by atoms with van der Waals surface area (Å²) in [6.07, 6.45) is 3.03. The molecule has 1 amide bonds. The monoisotopic (exact) mass is 358 g/mol. The smallest absolute Gasteiger partial charge is 0.256 e. The van der Waals surface area contributed by atoms with Crippen LogP contribution in [0.4, 0.5) is 4.39 Å². The van der Waals surface area contributed by atoms with E-state index < -0.39 is 5.82 Å². The molecule has 1 aromatic carbocycles. The molecule has 1 N–H and O–H groups in total. The molecular weight excluding hydrogens is 342 g/mol. The Hall–Kier alpha value is -1.50. The Morgan fingerprint density at radius 2 is 1.78 bits per heavy atom. The van der Waals surface area contributed by atoms with Crippen LogP contribution >= 0.6 is 24.8 Å². The lowest BCUT2D eigenvalue weighted by Crippen LogP contribution is -2.32. The molecule has 124 valence electrons. The van der Waals surface area contributed by atoms with Gasteiger partial charge in [-0.1, -0.05) is 0 Å². The van der Waals surface area contributed by atoms with Gasteiger partial charge in [-0.15, -0.1) is 24.8 Å². The Kier molecular flexibility index (Phi) is 5.39. The second-order valence-electron chi connectivity index (χ2n) is 5.77. The van der Waals surface area contributed by atoms with Crippen LogP contribution < -0.4 is 5.32 Å². The molecule has 0 unspecified atom stereocenters. The summed E-state index contributed by atoms with van der Waals surface area (Å²) < 4.78 is 13.7. The van der Waals surface area contributed by atoms with E-state index in [0.717, 1.165) is 26.2 Å². The minimum absolute atomic E-state index is 0. The van der Waals surface area contributed by atoms with Crippen molar-refractivity contribution in [1.82, 2.24) is 20.2 Å². The van der Waals surface area contributed by atoms with Crippen LogP contribution in [0.25, 0.3) is 11.0 Å². The van der Waals surface area contributed by atoms with E-state index in [1.807, 2.05) is 4.90 Å². The van der Waals surface area contributed by atoms with Crippen molar-refractivity contribution in [3.05, 3.63) is 35.9 Å². The predicted molar refractivity (Wildman–Crippen MR) is 89.7 cm³/mol. The predicted octanol–water partition coefficient (Wildman–Crippen LogP) is 1.90. The van der Waals surface area contributed by atoms with Crippen molar-refractivity contribution in [3.8, 4) is 0 Å². The molecule has 1 aromatic heterocycles. The van der Waals surface area contributed by atoms with Crippen molar-refractivity contribution in [2.75, 3.05) is 26.2 Å². The van der Waals surface area contributed by atoms with Gasteiger partial charge in [-0.25, -0.2) is 4.39 Å². The number of benzene rings is 1. The zero-order valence-corrected chi connectivity index (χ0v) is 13.9. The third-order valence-corrected chi connectivity index (χ3v) is 4.45. The third kappa shape index (κ3) is 3.11. The Morgan fingerprint density at radius 3 is 2.48 bits per heavy atom. The second-order valence-corrected chi connectivity index (χ2v) is 5.77. The fraction of sp³-hybridized carbons (Fsp3) is 0.400. The van der Waals surface area contributed by atoms with Gasteiger partial charge in [0, 0.05) is 44.6 Å². The summed E-state index contributed by atoms with van der Waals surface area (Å²) in [5.74, 6) is 0.432. The summed E-state index contributed by atoms with van der Waals surface area (Å²) in [6.45, 7) is 3.37. The van der Waals surface area contributed by atoms with Crippen LogP contribution in [0.15, 0.2) is 24.5 Å². The third-order valence-electron chi connectivity index (χ3n) is 4.45. The largest absolute Gasteiger partial charge is 0.338 e. The van der Waals surface area contributed by atoms with E-state index >= 15 is 0 Å². The highest BCUT2D eigenvalue weighted by Crippen LogP contribution is 2.28. The summed E-state index contributed by atoms with van der Waals surface area (Å²) in [5, 5.41) is 3.34. The maximum Gasteiger partial charge on any atom is 0.256 e. The number of aromatic nitrogens is 2. The van der Waals surface area contributed by atoms with Crippen molar-refractivity contribution < 1.29 is 9.18 Å². The van der Waals surface area contributed by atoms with Gasteiger partial charge < -0.3 is 10.2 Å². The van der Waals surface area contributed by atoms with Crippen molar-refractivity contribution in [1.29, 1.82) is 0 Å². The molecular formula is C15H17Cl2FN4O. The number of halogens is 3. The van der Waals surface area contributed by atoms with Crippen LogP contribution in [0, 0.1) is 17.7 Å². The minimum atomic E-state index is -0.451. The van der Waals surface area contributed by atoms with E-state index in [4.69, 9.17) is 0 Å². The minimum Gasteiger partial charge on any atom is -0.338 e. The highest BCUT2D eigenvalue weighted by molar-refractivity contribution is 6.04. The zero-order valence-electron chi connectivity index (χ0n) is 12.2. The zero-order chi connectivity index (χ0) is 14.4. The van der Waals surface area contributed by atoms with Gasteiger partial charge in [0.05, 0.1) is 11.1 Å². The van der Waals surface area contributed by atoms with Gasteiger partial charge in [0.1, 0.15) is 11.3 Å². The van der Waals surface area contributed by atoms with E-state index in [0.29, 0.717) is 28.4 Å². The second kappa shape index (κ2) is 6.95. The van der Waals surface area contributed by atoms with Crippen LogP contribution in [-0.2, 0) is 0 Å². The number of nitrogens with one attached hydrogen (secondary N) is 1. The lowest BCUT2D eigenvalue weighted by atomic mass is 10.0. The average molecular weight is 359 g/mol. The molecule has 0 saturated carbocycles. The molecule has 3 heterocycles. The van der Waals surface area contributed by atoms with E-state index in [1.54, 1.807) is 0 Å². The van der Waals surface area contributed by atoms with E-state index in [9.17, 15) is 9.18 Å². The number of hydrogen-bond acceptors (Lipinski definition) is 4. The number of carbonyl (C=O) groups is 1. The molecule has 0 spiro atoms. The molecule has 2 aliphatic rings. The summed E-state index contributed by atoms with van der Waals surface area (Å²) in [5.41, 5.74) is 1.20. The lowest BCUT2D eigenvalue weighted by molar-refractivity contribution is 0.0783. The highest BCUT2D eigenvalue weighted by atomic mass is 35.5. The van der Waals surface area contributed by atoms with Gasteiger partial charge in [-0.2, -0.15) is 0 Å². The molecule has 0 aliphatic carbocycles. The van der Waals surface area contributed by atoms with E-state index in [2.05, 4.69) is 15.3 Å². The molecule has 2 atom stereocenters. The van der Waals surface area contributed by atoms with Crippen LogP contribution in [0.3, 0.4) is 0 Å². The molecule has 5 nitrogen and oxygen atoms in total. The quantitative estimate of drug-likeness (QED) is 0.845. The lowest BCUT2D eigenvalue weighted by Gasteiger charge is -2.18. The number of carbonyl (C=O) groups excluding carboxylic acids is 1. The van der Waals surface area contributed by atoms with E-state index in [1.165, 1.54) is 24.5 Å². The molecule has 2 aliphatic heterocycles. The van der Waals surface area contributed by atoms with Crippen molar-refractivity contribution in [3.63, 3.8) is 0 Å². The van der Waals surface area contributed by atoms with Gasteiger partial charge in [0.2, 0.25) is 0 Å². The van der Waals surface area contributed by atoms with Crippen LogP contribution in [-0.4, -0.2) is 47.0 Å². The molecule has 23 heavy (non-hydrogen) atoms. The standard InChI is InChI=1S/C15H15FN4O.2ClH/c16-11-3-12(14-13(4-11)18-1-2-19-14)15(21)20-7-9-5-17-6-10(9)8-20;;/h1-4,9-10,17H,5-8H2;2*1H/t9-,10+;;. The maximum absolute atomic E-state index is 13.7. The molecule has 2 saturated heterocycles. The van der Waals surface area contributed by atoms with Crippen LogP contribution in [0.1, 0.15) is 10.4 Å². The number of rotatable bonds is 1. The Labute approximate surface area is 145 Å². The maximum atomic E-state index is 13.7. The molecule has 8 heteroatoms. The number of fused-ring (bicyclic) bond motifs is 2. The summed E-state index contributed by atoms with van der Waals surface area (Å²) in [4.78, 5) is 22.8.